The van der Waals surface area contributed by atoms with Crippen LogP contribution in [0.2, 0.25) is 0 Å². The average molecular weight is 228 g/mol. The third-order valence-electron chi connectivity index (χ3n) is 2.72. The molecule has 94 valence electrons. The van der Waals surface area contributed by atoms with Gasteiger partial charge >= 0.3 is 0 Å². The Bertz CT molecular complexity index is 232. The van der Waals surface area contributed by atoms with Gasteiger partial charge in [0.05, 0.1) is 6.10 Å². The van der Waals surface area contributed by atoms with Crippen LogP contribution in [0.25, 0.3) is 0 Å². The van der Waals surface area contributed by atoms with Crippen molar-refractivity contribution in [3.63, 3.8) is 0 Å². The van der Waals surface area contributed by atoms with Crippen LogP contribution < -0.4 is 10.6 Å². The maximum atomic E-state index is 11.5. The van der Waals surface area contributed by atoms with E-state index in [1.807, 2.05) is 0 Å². The van der Waals surface area contributed by atoms with Gasteiger partial charge in [-0.25, -0.2) is 0 Å². The highest BCUT2D eigenvalue weighted by Gasteiger charge is 2.21. The Morgan fingerprint density at radius 2 is 2.12 bits per heavy atom. The molecular weight excluding hydrogens is 204 g/mol. The number of carbonyl (C=O) groups excluding carboxylic acids is 1. The Balaban J connectivity index is 2.10. The molecule has 0 aliphatic carbocycles. The van der Waals surface area contributed by atoms with Gasteiger partial charge in [-0.05, 0) is 30.8 Å². The van der Waals surface area contributed by atoms with Gasteiger partial charge in [-0.1, -0.05) is 20.8 Å². The van der Waals surface area contributed by atoms with Crippen molar-refractivity contribution in [2.45, 2.75) is 39.7 Å². The summed E-state index contributed by atoms with van der Waals surface area (Å²) in [5, 5.41) is 15.6. The predicted molar refractivity (Wildman–Crippen MR) is 64.1 cm³/mol. The van der Waals surface area contributed by atoms with Gasteiger partial charge in [0.25, 0.3) is 0 Å². The Hall–Kier alpha value is -0.610. The van der Waals surface area contributed by atoms with E-state index in [0.717, 1.165) is 13.1 Å². The van der Waals surface area contributed by atoms with Crippen molar-refractivity contribution < 1.29 is 9.90 Å². The third-order valence-corrected chi connectivity index (χ3v) is 2.72. The van der Waals surface area contributed by atoms with Crippen LogP contribution in [0, 0.1) is 11.3 Å². The second kappa shape index (κ2) is 5.64. The van der Waals surface area contributed by atoms with Crippen LogP contribution in [-0.4, -0.2) is 36.8 Å². The fourth-order valence-electron chi connectivity index (χ4n) is 1.84. The standard InChI is InChI=1S/C12H24N2O2/c1-12(2,3)5-10(15)8-14-11(16)4-9-6-13-7-9/h9-10,13,15H,4-8H2,1-3H3,(H,14,16). The molecule has 0 bridgehead atoms. The van der Waals surface area contributed by atoms with Gasteiger partial charge in [-0.15, -0.1) is 0 Å². The van der Waals surface area contributed by atoms with Crippen molar-refractivity contribution in [1.29, 1.82) is 0 Å². The van der Waals surface area contributed by atoms with E-state index >= 15 is 0 Å². The molecular formula is C12H24N2O2. The number of hydrogen-bond donors (Lipinski definition) is 3. The zero-order valence-corrected chi connectivity index (χ0v) is 10.5. The molecule has 16 heavy (non-hydrogen) atoms. The van der Waals surface area contributed by atoms with Crippen LogP contribution in [0.1, 0.15) is 33.6 Å². The highest BCUT2D eigenvalue weighted by atomic mass is 16.3. The Morgan fingerprint density at radius 1 is 1.50 bits per heavy atom. The predicted octanol–water partition coefficient (Wildman–Crippen LogP) is 0.509. The van der Waals surface area contributed by atoms with Gasteiger partial charge in [0.1, 0.15) is 0 Å². The molecule has 0 saturated carbocycles. The summed E-state index contributed by atoms with van der Waals surface area (Å²) >= 11 is 0. The number of carbonyl (C=O) groups is 1. The number of nitrogens with one attached hydrogen (secondary N) is 2. The van der Waals surface area contributed by atoms with Crippen molar-refractivity contribution in [1.82, 2.24) is 10.6 Å². The number of rotatable bonds is 5. The van der Waals surface area contributed by atoms with E-state index in [9.17, 15) is 9.90 Å². The number of amides is 1. The second-order valence-electron chi connectivity index (χ2n) is 5.95. The molecule has 0 aromatic carbocycles. The molecule has 1 saturated heterocycles. The topological polar surface area (TPSA) is 61.4 Å². The van der Waals surface area contributed by atoms with Crippen LogP contribution in [0.5, 0.6) is 0 Å². The van der Waals surface area contributed by atoms with E-state index in [4.69, 9.17) is 0 Å². The van der Waals surface area contributed by atoms with Gasteiger partial charge in [0, 0.05) is 13.0 Å². The summed E-state index contributed by atoms with van der Waals surface area (Å²) in [7, 11) is 0. The largest absolute Gasteiger partial charge is 0.391 e. The lowest BCUT2D eigenvalue weighted by Crippen LogP contribution is -2.45. The number of aliphatic hydroxyl groups excluding tert-OH is 1. The van der Waals surface area contributed by atoms with Gasteiger partial charge in [-0.3, -0.25) is 4.79 Å². The van der Waals surface area contributed by atoms with Gasteiger partial charge in [-0.2, -0.15) is 0 Å². The summed E-state index contributed by atoms with van der Waals surface area (Å²) in [6.45, 7) is 8.50. The van der Waals surface area contributed by atoms with Crippen molar-refractivity contribution >= 4 is 5.91 Å². The zero-order chi connectivity index (χ0) is 12.2. The molecule has 1 fully saturated rings. The number of hydrogen-bond acceptors (Lipinski definition) is 3. The molecule has 1 heterocycles. The molecule has 1 aliphatic heterocycles. The first kappa shape index (κ1) is 13.5. The Labute approximate surface area is 97.8 Å². The summed E-state index contributed by atoms with van der Waals surface area (Å²) in [6, 6.07) is 0. The van der Waals surface area contributed by atoms with E-state index in [1.165, 1.54) is 0 Å². The van der Waals surface area contributed by atoms with Crippen LogP contribution in [0.4, 0.5) is 0 Å². The van der Waals surface area contributed by atoms with Crippen LogP contribution in [-0.2, 0) is 4.79 Å². The van der Waals surface area contributed by atoms with Crippen LogP contribution in [0.3, 0.4) is 0 Å². The van der Waals surface area contributed by atoms with E-state index < -0.39 is 6.10 Å². The van der Waals surface area contributed by atoms with Crippen LogP contribution in [0.15, 0.2) is 0 Å². The minimum absolute atomic E-state index is 0.0551. The summed E-state index contributed by atoms with van der Waals surface area (Å²) in [4.78, 5) is 11.5. The van der Waals surface area contributed by atoms with Crippen molar-refractivity contribution in [2.75, 3.05) is 19.6 Å². The lowest BCUT2D eigenvalue weighted by Gasteiger charge is -2.27. The molecule has 1 rings (SSSR count). The molecule has 3 N–H and O–H groups in total. The highest BCUT2D eigenvalue weighted by molar-refractivity contribution is 5.76. The molecule has 0 aromatic heterocycles. The van der Waals surface area contributed by atoms with E-state index in [2.05, 4.69) is 31.4 Å². The summed E-state index contributed by atoms with van der Waals surface area (Å²) in [6.07, 6.45) is 0.844. The molecule has 1 unspecified atom stereocenters. The lowest BCUT2D eigenvalue weighted by atomic mass is 9.89. The maximum Gasteiger partial charge on any atom is 0.220 e. The lowest BCUT2D eigenvalue weighted by molar-refractivity contribution is -0.122. The minimum Gasteiger partial charge on any atom is -0.391 e. The average Bonchev–Trinajstić information content (AvgIpc) is 2.05. The molecule has 0 radical (unpaired) electrons. The van der Waals surface area contributed by atoms with E-state index in [-0.39, 0.29) is 11.3 Å². The fraction of sp³-hybridized carbons (Fsp3) is 0.917. The molecule has 4 nitrogen and oxygen atoms in total. The summed E-state index contributed by atoms with van der Waals surface area (Å²) in [5.74, 6) is 0.541. The van der Waals surface area contributed by atoms with Gasteiger partial charge in [0.2, 0.25) is 5.91 Å². The summed E-state index contributed by atoms with van der Waals surface area (Å²) < 4.78 is 0. The van der Waals surface area contributed by atoms with Crippen molar-refractivity contribution in [2.24, 2.45) is 11.3 Å². The summed E-state index contributed by atoms with van der Waals surface area (Å²) in [5.41, 5.74) is 0.0992. The quantitative estimate of drug-likeness (QED) is 0.642. The first-order valence-electron chi connectivity index (χ1n) is 6.02. The first-order valence-corrected chi connectivity index (χ1v) is 6.02. The highest BCUT2D eigenvalue weighted by Crippen LogP contribution is 2.20. The van der Waals surface area contributed by atoms with Crippen molar-refractivity contribution in [3.05, 3.63) is 0 Å². The first-order chi connectivity index (χ1) is 7.37. The molecule has 1 amide bonds. The maximum absolute atomic E-state index is 11.5. The Kier molecular flexibility index (Phi) is 4.74. The zero-order valence-electron chi connectivity index (χ0n) is 10.5. The van der Waals surface area contributed by atoms with E-state index in [0.29, 0.717) is 25.3 Å². The molecule has 0 spiro atoms. The SMILES string of the molecule is CC(C)(C)CC(O)CNC(=O)CC1CNC1. The van der Waals surface area contributed by atoms with Crippen LogP contribution >= 0.6 is 0 Å². The van der Waals surface area contributed by atoms with Gasteiger partial charge in [0.15, 0.2) is 0 Å². The van der Waals surface area contributed by atoms with Crippen molar-refractivity contribution in [3.8, 4) is 0 Å². The molecule has 4 heteroatoms. The Morgan fingerprint density at radius 3 is 2.56 bits per heavy atom. The molecule has 1 aliphatic rings. The van der Waals surface area contributed by atoms with Gasteiger partial charge < -0.3 is 15.7 Å². The monoisotopic (exact) mass is 228 g/mol. The number of aliphatic hydroxyl groups is 1. The second-order valence-corrected chi connectivity index (χ2v) is 5.95. The third kappa shape index (κ3) is 5.47. The van der Waals surface area contributed by atoms with E-state index in [1.54, 1.807) is 0 Å². The molecule has 0 aromatic rings. The fourth-order valence-corrected chi connectivity index (χ4v) is 1.84. The minimum atomic E-state index is -0.441. The molecule has 1 atom stereocenters. The smallest absolute Gasteiger partial charge is 0.220 e. The normalized spacial score (nSPS) is 19.0.